The molecule has 0 aromatic heterocycles. The molecule has 0 aliphatic carbocycles. The van der Waals surface area contributed by atoms with Crippen molar-refractivity contribution in [1.82, 2.24) is 4.72 Å². The van der Waals surface area contributed by atoms with E-state index in [1.54, 1.807) is 0 Å². The van der Waals surface area contributed by atoms with E-state index >= 15 is 0 Å². The molecule has 8 heteroatoms. The van der Waals surface area contributed by atoms with Gasteiger partial charge in [-0.2, -0.15) is 0 Å². The van der Waals surface area contributed by atoms with Crippen molar-refractivity contribution in [2.45, 2.75) is 11.8 Å². The molecule has 0 heterocycles. The van der Waals surface area contributed by atoms with Crippen molar-refractivity contribution in [3.05, 3.63) is 29.8 Å². The number of hydrogen-bond donors (Lipinski definition) is 2. The highest BCUT2D eigenvalue weighted by atomic mass is 32.2. The van der Waals surface area contributed by atoms with Crippen molar-refractivity contribution in [3.8, 4) is 0 Å². The minimum Gasteiger partial charge on any atom is -0.481 e. The van der Waals surface area contributed by atoms with Crippen LogP contribution in [-0.4, -0.2) is 39.1 Å². The summed E-state index contributed by atoms with van der Waals surface area (Å²) in [7, 11) is -2.58. The van der Waals surface area contributed by atoms with Crippen molar-refractivity contribution < 1.29 is 27.9 Å². The Bertz CT molecular complexity index is 593. The van der Waals surface area contributed by atoms with Crippen molar-refractivity contribution >= 4 is 22.0 Å². The summed E-state index contributed by atoms with van der Waals surface area (Å²) in [6.45, 7) is 1.18. The van der Waals surface area contributed by atoms with Crippen molar-refractivity contribution in [2.24, 2.45) is 5.92 Å². The Morgan fingerprint density at radius 2 is 1.85 bits per heavy atom. The van der Waals surface area contributed by atoms with E-state index in [4.69, 9.17) is 5.11 Å². The molecule has 0 aliphatic rings. The maximum Gasteiger partial charge on any atom is 0.337 e. The fourth-order valence-electron chi connectivity index (χ4n) is 1.29. The maximum absolute atomic E-state index is 11.9. The number of carboxylic acid groups (broad SMARTS) is 1. The Hall–Kier alpha value is -1.93. The predicted molar refractivity (Wildman–Crippen MR) is 69.8 cm³/mol. The first-order valence-corrected chi connectivity index (χ1v) is 7.17. The number of esters is 1. The number of carbonyl (C=O) groups excluding carboxylic acids is 1. The van der Waals surface area contributed by atoms with Gasteiger partial charge in [0.1, 0.15) is 0 Å². The number of nitrogens with one attached hydrogen (secondary N) is 1. The average Bonchev–Trinajstić information content (AvgIpc) is 2.44. The van der Waals surface area contributed by atoms with Crippen LogP contribution in [0.2, 0.25) is 0 Å². The van der Waals surface area contributed by atoms with E-state index in [0.717, 1.165) is 0 Å². The number of carbonyl (C=O) groups is 2. The van der Waals surface area contributed by atoms with Gasteiger partial charge in [0, 0.05) is 6.54 Å². The third-order valence-electron chi connectivity index (χ3n) is 2.59. The lowest BCUT2D eigenvalue weighted by Crippen LogP contribution is -2.31. The molecule has 0 aliphatic heterocycles. The van der Waals surface area contributed by atoms with Crippen LogP contribution < -0.4 is 4.72 Å². The zero-order valence-corrected chi connectivity index (χ0v) is 11.8. The number of sulfonamides is 1. The summed E-state index contributed by atoms with van der Waals surface area (Å²) in [5.41, 5.74) is 0.227. The molecular formula is C12H15NO6S. The van der Waals surface area contributed by atoms with Gasteiger partial charge in [-0.1, -0.05) is 6.92 Å². The normalized spacial score (nSPS) is 12.7. The highest BCUT2D eigenvalue weighted by Crippen LogP contribution is 2.11. The van der Waals surface area contributed by atoms with Gasteiger partial charge in [-0.15, -0.1) is 0 Å². The van der Waals surface area contributed by atoms with Gasteiger partial charge < -0.3 is 9.84 Å². The molecule has 0 saturated heterocycles. The minimum absolute atomic E-state index is 0.0530. The highest BCUT2D eigenvalue weighted by molar-refractivity contribution is 7.89. The predicted octanol–water partition coefficient (Wildman–Crippen LogP) is 0.472. The van der Waals surface area contributed by atoms with Crippen LogP contribution in [0, 0.1) is 5.92 Å². The Morgan fingerprint density at radius 3 is 2.30 bits per heavy atom. The number of carboxylic acids is 1. The van der Waals surface area contributed by atoms with Gasteiger partial charge >= 0.3 is 11.9 Å². The van der Waals surface area contributed by atoms with E-state index in [1.165, 1.54) is 38.3 Å². The van der Waals surface area contributed by atoms with Crippen LogP contribution in [0.3, 0.4) is 0 Å². The second-order valence-electron chi connectivity index (χ2n) is 4.11. The fourth-order valence-corrected chi connectivity index (χ4v) is 2.42. The van der Waals surface area contributed by atoms with E-state index in [-0.39, 0.29) is 17.0 Å². The summed E-state index contributed by atoms with van der Waals surface area (Å²) < 4.78 is 30.5. The molecule has 0 fully saturated rings. The zero-order valence-electron chi connectivity index (χ0n) is 11.0. The number of aliphatic carboxylic acids is 1. The minimum atomic E-state index is -3.80. The number of ether oxygens (including phenoxy) is 1. The summed E-state index contributed by atoms with van der Waals surface area (Å²) in [6.07, 6.45) is 0. The summed E-state index contributed by atoms with van der Waals surface area (Å²) in [5.74, 6) is -2.49. The topological polar surface area (TPSA) is 110 Å². The second-order valence-corrected chi connectivity index (χ2v) is 5.87. The van der Waals surface area contributed by atoms with Crippen molar-refractivity contribution in [1.29, 1.82) is 0 Å². The van der Waals surface area contributed by atoms with Gasteiger partial charge in [0.15, 0.2) is 0 Å². The number of benzene rings is 1. The molecule has 2 N–H and O–H groups in total. The van der Waals surface area contributed by atoms with Crippen LogP contribution in [0.25, 0.3) is 0 Å². The highest BCUT2D eigenvalue weighted by Gasteiger charge is 2.18. The van der Waals surface area contributed by atoms with E-state index in [1.807, 2.05) is 0 Å². The molecule has 0 amide bonds. The van der Waals surface area contributed by atoms with Gasteiger partial charge in [0.25, 0.3) is 0 Å². The van der Waals surface area contributed by atoms with Crippen LogP contribution in [0.5, 0.6) is 0 Å². The lowest BCUT2D eigenvalue weighted by molar-refractivity contribution is -0.140. The Morgan fingerprint density at radius 1 is 1.30 bits per heavy atom. The Kier molecular flexibility index (Phi) is 5.23. The number of methoxy groups -OCH3 is 1. The summed E-state index contributed by atoms with van der Waals surface area (Å²) in [4.78, 5) is 21.8. The van der Waals surface area contributed by atoms with E-state index in [0.29, 0.717) is 0 Å². The van der Waals surface area contributed by atoms with Crippen molar-refractivity contribution in [2.75, 3.05) is 13.7 Å². The molecule has 1 atom stereocenters. The molecule has 1 aromatic rings. The number of hydrogen-bond acceptors (Lipinski definition) is 5. The first-order valence-electron chi connectivity index (χ1n) is 5.69. The second kappa shape index (κ2) is 6.49. The molecule has 110 valence electrons. The molecule has 0 saturated carbocycles. The monoisotopic (exact) mass is 301 g/mol. The summed E-state index contributed by atoms with van der Waals surface area (Å²) in [6, 6.07) is 5.14. The summed E-state index contributed by atoms with van der Waals surface area (Å²) >= 11 is 0. The molecular weight excluding hydrogens is 286 g/mol. The van der Waals surface area contributed by atoms with Crippen LogP contribution in [0.1, 0.15) is 17.3 Å². The third kappa shape index (κ3) is 4.04. The molecule has 1 aromatic carbocycles. The smallest absolute Gasteiger partial charge is 0.337 e. The zero-order chi connectivity index (χ0) is 15.3. The summed E-state index contributed by atoms with van der Waals surface area (Å²) in [5, 5.41) is 8.69. The molecule has 20 heavy (non-hydrogen) atoms. The lowest BCUT2D eigenvalue weighted by Gasteiger charge is -2.09. The van der Waals surface area contributed by atoms with Crippen LogP contribution in [0.4, 0.5) is 0 Å². The van der Waals surface area contributed by atoms with Gasteiger partial charge in [0.05, 0.1) is 23.5 Å². The molecule has 1 rings (SSSR count). The fraction of sp³-hybridized carbons (Fsp3) is 0.333. The third-order valence-corrected chi connectivity index (χ3v) is 4.03. The van der Waals surface area contributed by atoms with Gasteiger partial charge in [-0.3, -0.25) is 4.79 Å². The maximum atomic E-state index is 11.9. The quantitative estimate of drug-likeness (QED) is 0.739. The number of rotatable bonds is 6. The Labute approximate surface area is 116 Å². The lowest BCUT2D eigenvalue weighted by atomic mass is 10.2. The van der Waals surface area contributed by atoms with Crippen LogP contribution in [0.15, 0.2) is 29.2 Å². The molecule has 0 radical (unpaired) electrons. The molecule has 1 unspecified atom stereocenters. The van der Waals surface area contributed by atoms with E-state index in [9.17, 15) is 18.0 Å². The largest absolute Gasteiger partial charge is 0.481 e. The van der Waals surface area contributed by atoms with Gasteiger partial charge in [-0.05, 0) is 24.3 Å². The SMILES string of the molecule is COC(=O)c1ccc(S(=O)(=O)NCC(C)C(=O)O)cc1. The first kappa shape index (κ1) is 16.1. The van der Waals surface area contributed by atoms with Crippen LogP contribution in [-0.2, 0) is 19.6 Å². The van der Waals surface area contributed by atoms with Gasteiger partial charge in [0.2, 0.25) is 10.0 Å². The van der Waals surface area contributed by atoms with Crippen molar-refractivity contribution in [3.63, 3.8) is 0 Å². The van der Waals surface area contributed by atoms with Gasteiger partial charge in [-0.25, -0.2) is 17.9 Å². The van der Waals surface area contributed by atoms with E-state index in [2.05, 4.69) is 9.46 Å². The molecule has 0 spiro atoms. The molecule has 0 bridgehead atoms. The van der Waals surface area contributed by atoms with Crippen LogP contribution >= 0.6 is 0 Å². The van der Waals surface area contributed by atoms with E-state index < -0.39 is 27.9 Å². The Balaban J connectivity index is 2.83. The average molecular weight is 301 g/mol. The molecule has 7 nitrogen and oxygen atoms in total. The first-order chi connectivity index (χ1) is 9.27. The standard InChI is InChI=1S/C12H15NO6S/c1-8(11(14)15)7-13-20(17,18)10-5-3-9(4-6-10)12(16)19-2/h3-6,8,13H,7H2,1-2H3,(H,14,15).